The molecule has 0 spiro atoms. The van der Waals surface area contributed by atoms with Crippen molar-refractivity contribution in [2.24, 2.45) is 0 Å². The molecule has 1 amide bonds. The van der Waals surface area contributed by atoms with Crippen molar-refractivity contribution in [1.82, 2.24) is 5.32 Å². The van der Waals surface area contributed by atoms with E-state index in [0.29, 0.717) is 0 Å². The van der Waals surface area contributed by atoms with Gasteiger partial charge in [0.05, 0.1) is 6.42 Å². The lowest BCUT2D eigenvalue weighted by Crippen LogP contribution is -2.34. The smallest absolute Gasteiger partial charge is 0.347 e. The zero-order chi connectivity index (χ0) is 12.2. The van der Waals surface area contributed by atoms with Gasteiger partial charge in [-0.2, -0.15) is 13.2 Å². The van der Waals surface area contributed by atoms with Crippen molar-refractivity contribution < 1.29 is 18.0 Å². The molecule has 0 aliphatic rings. The summed E-state index contributed by atoms with van der Waals surface area (Å²) in [5, 5.41) is 1.83. The second kappa shape index (κ2) is 5.01. The van der Waals surface area contributed by atoms with E-state index in [1.807, 2.05) is 24.4 Å². The van der Waals surface area contributed by atoms with Gasteiger partial charge in [0.15, 0.2) is 0 Å². The third kappa shape index (κ3) is 4.33. The van der Waals surface area contributed by atoms with Crippen LogP contribution >= 0.6 is 0 Å². The molecule has 0 saturated heterocycles. The Morgan fingerprint density at radius 1 is 1.31 bits per heavy atom. The fourth-order valence-electron chi connectivity index (χ4n) is 1.24. The molecule has 1 N–H and O–H groups in total. The predicted molar refractivity (Wildman–Crippen MR) is 53.9 cm³/mol. The molecule has 1 rings (SSSR count). The van der Waals surface area contributed by atoms with Crippen LogP contribution in [0, 0.1) is 6.92 Å². The highest BCUT2D eigenvalue weighted by Gasteiger charge is 2.27. The van der Waals surface area contributed by atoms with Crippen molar-refractivity contribution in [2.75, 3.05) is 6.54 Å². The lowest BCUT2D eigenvalue weighted by Gasteiger charge is -2.09. The van der Waals surface area contributed by atoms with Crippen LogP contribution in [0.5, 0.6) is 0 Å². The van der Waals surface area contributed by atoms with Crippen LogP contribution in [0.15, 0.2) is 24.3 Å². The summed E-state index contributed by atoms with van der Waals surface area (Å²) >= 11 is 0. The quantitative estimate of drug-likeness (QED) is 0.849. The van der Waals surface area contributed by atoms with Gasteiger partial charge in [0.1, 0.15) is 6.54 Å². The SMILES string of the molecule is Cc1ccccc1CC(=O)NCC(F)(F)F. The van der Waals surface area contributed by atoms with Crippen LogP contribution in [0.4, 0.5) is 13.2 Å². The van der Waals surface area contributed by atoms with Gasteiger partial charge in [-0.3, -0.25) is 4.79 Å². The Labute approximate surface area is 91.5 Å². The topological polar surface area (TPSA) is 29.1 Å². The average Bonchev–Trinajstić information content (AvgIpc) is 2.18. The minimum Gasteiger partial charge on any atom is -0.347 e. The fourth-order valence-corrected chi connectivity index (χ4v) is 1.24. The van der Waals surface area contributed by atoms with E-state index in [2.05, 4.69) is 0 Å². The summed E-state index contributed by atoms with van der Waals surface area (Å²) in [5.74, 6) is -0.619. The van der Waals surface area contributed by atoms with E-state index in [1.54, 1.807) is 12.1 Å². The van der Waals surface area contributed by atoms with Crippen molar-refractivity contribution in [1.29, 1.82) is 0 Å². The summed E-state index contributed by atoms with van der Waals surface area (Å²) in [6.07, 6.45) is -4.38. The Balaban J connectivity index is 2.50. The number of benzene rings is 1. The first-order chi connectivity index (χ1) is 7.38. The van der Waals surface area contributed by atoms with Crippen LogP contribution in [-0.4, -0.2) is 18.6 Å². The Kier molecular flexibility index (Phi) is 3.93. The first-order valence-electron chi connectivity index (χ1n) is 4.76. The van der Waals surface area contributed by atoms with Crippen LogP contribution in [0.1, 0.15) is 11.1 Å². The van der Waals surface area contributed by atoms with E-state index in [4.69, 9.17) is 0 Å². The Bertz CT molecular complexity index is 374. The van der Waals surface area contributed by atoms with E-state index in [1.165, 1.54) is 0 Å². The van der Waals surface area contributed by atoms with Gasteiger partial charge in [-0.15, -0.1) is 0 Å². The Morgan fingerprint density at radius 3 is 2.50 bits per heavy atom. The van der Waals surface area contributed by atoms with E-state index < -0.39 is 18.6 Å². The lowest BCUT2D eigenvalue weighted by molar-refractivity contribution is -0.138. The predicted octanol–water partition coefficient (Wildman–Crippen LogP) is 2.22. The highest BCUT2D eigenvalue weighted by atomic mass is 19.4. The standard InChI is InChI=1S/C11H12F3NO/c1-8-4-2-3-5-9(8)6-10(16)15-7-11(12,13)14/h2-5H,6-7H2,1H3,(H,15,16). The number of nitrogens with one attached hydrogen (secondary N) is 1. The molecule has 0 unspecified atom stereocenters. The number of carbonyl (C=O) groups is 1. The number of amides is 1. The molecule has 0 saturated carbocycles. The minimum atomic E-state index is -4.36. The molecular weight excluding hydrogens is 219 g/mol. The Morgan fingerprint density at radius 2 is 1.94 bits per heavy atom. The van der Waals surface area contributed by atoms with E-state index >= 15 is 0 Å². The van der Waals surface area contributed by atoms with E-state index in [-0.39, 0.29) is 6.42 Å². The summed E-state index contributed by atoms with van der Waals surface area (Å²) in [6, 6.07) is 7.10. The van der Waals surface area contributed by atoms with Gasteiger partial charge in [0, 0.05) is 0 Å². The third-order valence-corrected chi connectivity index (χ3v) is 2.10. The highest BCUT2D eigenvalue weighted by Crippen LogP contribution is 2.12. The van der Waals surface area contributed by atoms with Gasteiger partial charge in [0.25, 0.3) is 0 Å². The number of carbonyl (C=O) groups excluding carboxylic acids is 1. The molecule has 5 heteroatoms. The highest BCUT2D eigenvalue weighted by molar-refractivity contribution is 5.78. The van der Waals surface area contributed by atoms with Gasteiger partial charge >= 0.3 is 6.18 Å². The van der Waals surface area contributed by atoms with Gasteiger partial charge in [-0.05, 0) is 18.1 Å². The second-order valence-electron chi connectivity index (χ2n) is 3.50. The van der Waals surface area contributed by atoms with Gasteiger partial charge in [-0.1, -0.05) is 24.3 Å². The molecule has 0 bridgehead atoms. The van der Waals surface area contributed by atoms with E-state index in [0.717, 1.165) is 11.1 Å². The maximum Gasteiger partial charge on any atom is 0.405 e. The van der Waals surface area contributed by atoms with Crippen molar-refractivity contribution in [2.45, 2.75) is 19.5 Å². The van der Waals surface area contributed by atoms with Crippen LogP contribution in [-0.2, 0) is 11.2 Å². The van der Waals surface area contributed by atoms with Crippen molar-refractivity contribution >= 4 is 5.91 Å². The van der Waals surface area contributed by atoms with Crippen LogP contribution in [0.2, 0.25) is 0 Å². The molecule has 0 radical (unpaired) electrons. The van der Waals surface area contributed by atoms with Gasteiger partial charge < -0.3 is 5.32 Å². The number of halogens is 3. The monoisotopic (exact) mass is 231 g/mol. The Hall–Kier alpha value is -1.52. The molecule has 1 aromatic carbocycles. The summed E-state index contributed by atoms with van der Waals surface area (Å²) in [4.78, 5) is 11.2. The molecule has 16 heavy (non-hydrogen) atoms. The molecule has 2 nitrogen and oxygen atoms in total. The van der Waals surface area contributed by atoms with E-state index in [9.17, 15) is 18.0 Å². The van der Waals surface area contributed by atoms with Gasteiger partial charge in [0.2, 0.25) is 5.91 Å². The lowest BCUT2D eigenvalue weighted by atomic mass is 10.1. The average molecular weight is 231 g/mol. The molecule has 0 heterocycles. The maximum atomic E-state index is 11.8. The fraction of sp³-hybridized carbons (Fsp3) is 0.364. The summed E-state index contributed by atoms with van der Waals surface area (Å²) < 4.78 is 35.5. The first kappa shape index (κ1) is 12.5. The van der Waals surface area contributed by atoms with Crippen LogP contribution in [0.25, 0.3) is 0 Å². The number of aryl methyl sites for hydroxylation is 1. The van der Waals surface area contributed by atoms with Crippen LogP contribution < -0.4 is 5.32 Å². The molecular formula is C11H12F3NO. The maximum absolute atomic E-state index is 11.8. The van der Waals surface area contributed by atoms with Crippen molar-refractivity contribution in [3.63, 3.8) is 0 Å². The van der Waals surface area contributed by atoms with Gasteiger partial charge in [-0.25, -0.2) is 0 Å². The summed E-state index contributed by atoms with van der Waals surface area (Å²) in [6.45, 7) is 0.532. The number of alkyl halides is 3. The molecule has 0 atom stereocenters. The van der Waals surface area contributed by atoms with Crippen molar-refractivity contribution in [3.05, 3.63) is 35.4 Å². The number of rotatable bonds is 3. The normalized spacial score (nSPS) is 11.2. The minimum absolute atomic E-state index is 0.0250. The molecule has 0 aromatic heterocycles. The second-order valence-corrected chi connectivity index (χ2v) is 3.50. The van der Waals surface area contributed by atoms with Crippen molar-refractivity contribution in [3.8, 4) is 0 Å². The zero-order valence-corrected chi connectivity index (χ0v) is 8.77. The summed E-state index contributed by atoms with van der Waals surface area (Å²) in [7, 11) is 0. The number of hydrogen-bond donors (Lipinski definition) is 1. The molecule has 88 valence electrons. The zero-order valence-electron chi connectivity index (χ0n) is 8.77. The summed E-state index contributed by atoms with van der Waals surface area (Å²) in [5.41, 5.74) is 1.63. The largest absolute Gasteiger partial charge is 0.405 e. The van der Waals surface area contributed by atoms with Crippen LogP contribution in [0.3, 0.4) is 0 Å². The number of hydrogen-bond acceptors (Lipinski definition) is 1. The molecule has 0 aliphatic heterocycles. The molecule has 0 fully saturated rings. The first-order valence-corrected chi connectivity index (χ1v) is 4.76. The molecule has 1 aromatic rings. The molecule has 0 aliphatic carbocycles. The third-order valence-electron chi connectivity index (χ3n) is 2.10.